The van der Waals surface area contributed by atoms with Gasteiger partial charge in [-0.15, -0.1) is 0 Å². The molecule has 2 aromatic rings. The molecular weight excluding hydrogens is 399 g/mol. The molecule has 0 spiro atoms. The molecule has 0 amide bonds. The van der Waals surface area contributed by atoms with E-state index in [-0.39, 0.29) is 16.5 Å². The summed E-state index contributed by atoms with van der Waals surface area (Å²) in [6.45, 7) is 6.01. The van der Waals surface area contributed by atoms with Gasteiger partial charge in [0.15, 0.2) is 9.84 Å². The maximum Gasteiger partial charge on any atom is 0.179 e. The number of carbonyl (C=O) groups is 1. The lowest BCUT2D eigenvalue weighted by molar-refractivity contribution is -0.116. The van der Waals surface area contributed by atoms with Gasteiger partial charge in [-0.1, -0.05) is 69.4 Å². The fourth-order valence-corrected chi connectivity index (χ4v) is 5.98. The molecule has 2 rings (SSSR count). The molecule has 0 heterocycles. The Kier molecular flexibility index (Phi) is 8.78. The number of aryl methyl sites for hydroxylation is 1. The Morgan fingerprint density at radius 1 is 0.967 bits per heavy atom. The van der Waals surface area contributed by atoms with Crippen molar-refractivity contribution < 1.29 is 17.6 Å². The first kappa shape index (κ1) is 24.3. The number of rotatable bonds is 12. The van der Waals surface area contributed by atoms with E-state index in [1.165, 1.54) is 12.1 Å². The van der Waals surface area contributed by atoms with Crippen molar-refractivity contribution in [2.45, 2.75) is 70.6 Å². The molecule has 0 atom stereocenters. The summed E-state index contributed by atoms with van der Waals surface area (Å²) in [6, 6.07) is 11.4. The van der Waals surface area contributed by atoms with Crippen LogP contribution in [0.2, 0.25) is 0 Å². The second-order valence-corrected chi connectivity index (χ2v) is 10.3. The third kappa shape index (κ3) is 6.49. The van der Waals surface area contributed by atoms with Crippen molar-refractivity contribution in [2.24, 2.45) is 5.41 Å². The summed E-state index contributed by atoms with van der Waals surface area (Å²) in [7, 11) is -3.67. The molecule has 0 aliphatic rings. The van der Waals surface area contributed by atoms with Gasteiger partial charge in [0.05, 0.1) is 10.6 Å². The van der Waals surface area contributed by atoms with Crippen molar-refractivity contribution in [1.82, 2.24) is 0 Å². The number of sulfone groups is 1. The highest BCUT2D eigenvalue weighted by Gasteiger charge is 2.36. The first-order chi connectivity index (χ1) is 14.2. The Morgan fingerprint density at radius 2 is 1.57 bits per heavy atom. The molecule has 5 heteroatoms. The Morgan fingerprint density at radius 3 is 2.10 bits per heavy atom. The SMILES string of the molecule is CCCCC(C=O)(CCCC)CS(=O)(=O)c1ccc(C)cc1Cc1ccc(F)cc1. The van der Waals surface area contributed by atoms with Crippen LogP contribution in [0, 0.1) is 18.2 Å². The number of benzene rings is 2. The second kappa shape index (κ2) is 10.9. The summed E-state index contributed by atoms with van der Waals surface area (Å²) < 4.78 is 40.2. The van der Waals surface area contributed by atoms with Gasteiger partial charge < -0.3 is 4.79 Å². The zero-order valence-corrected chi connectivity index (χ0v) is 19.1. The number of carbonyl (C=O) groups excluding carboxylic acids is 1. The van der Waals surface area contributed by atoms with Crippen LogP contribution in [0.25, 0.3) is 0 Å². The van der Waals surface area contributed by atoms with Gasteiger partial charge in [0.2, 0.25) is 0 Å². The van der Waals surface area contributed by atoms with Crippen molar-refractivity contribution in [3.63, 3.8) is 0 Å². The summed E-state index contributed by atoms with van der Waals surface area (Å²) in [5, 5.41) is 0. The maximum atomic E-state index is 13.5. The Labute approximate surface area is 180 Å². The Bertz CT molecular complexity index is 925. The summed E-state index contributed by atoms with van der Waals surface area (Å²) in [5.41, 5.74) is 1.65. The minimum atomic E-state index is -3.67. The van der Waals surface area contributed by atoms with Crippen molar-refractivity contribution in [1.29, 1.82) is 0 Å². The molecular formula is C25H33FO3S. The van der Waals surface area contributed by atoms with Crippen molar-refractivity contribution in [3.05, 3.63) is 65.0 Å². The predicted octanol–water partition coefficient (Wildman–Crippen LogP) is 6.06. The van der Waals surface area contributed by atoms with Crippen LogP contribution in [0.4, 0.5) is 4.39 Å². The number of hydrogen-bond acceptors (Lipinski definition) is 3. The fraction of sp³-hybridized carbons (Fsp3) is 0.480. The number of halogens is 1. The van der Waals surface area contributed by atoms with Gasteiger partial charge in [0.25, 0.3) is 0 Å². The molecule has 30 heavy (non-hydrogen) atoms. The van der Waals surface area contributed by atoms with Crippen LogP contribution in [0.1, 0.15) is 69.1 Å². The third-order valence-corrected chi connectivity index (χ3v) is 7.67. The van der Waals surface area contributed by atoms with E-state index in [0.717, 1.165) is 43.1 Å². The topological polar surface area (TPSA) is 51.2 Å². The number of hydrogen-bond donors (Lipinski definition) is 0. The van der Waals surface area contributed by atoms with Gasteiger partial charge in [-0.3, -0.25) is 0 Å². The van der Waals surface area contributed by atoms with E-state index in [0.29, 0.717) is 24.8 Å². The van der Waals surface area contributed by atoms with Crippen LogP contribution in [0.3, 0.4) is 0 Å². The molecule has 0 saturated carbocycles. The lowest BCUT2D eigenvalue weighted by Crippen LogP contribution is -2.32. The van der Waals surface area contributed by atoms with Crippen LogP contribution in [0.15, 0.2) is 47.4 Å². The first-order valence-corrected chi connectivity index (χ1v) is 12.4. The molecule has 0 aromatic heterocycles. The highest BCUT2D eigenvalue weighted by Crippen LogP contribution is 2.34. The number of aldehydes is 1. The average molecular weight is 433 g/mol. The zero-order chi connectivity index (χ0) is 22.2. The van der Waals surface area contributed by atoms with Crippen LogP contribution in [-0.2, 0) is 21.1 Å². The van der Waals surface area contributed by atoms with E-state index >= 15 is 0 Å². The van der Waals surface area contributed by atoms with E-state index in [2.05, 4.69) is 0 Å². The average Bonchev–Trinajstić information content (AvgIpc) is 2.71. The molecule has 164 valence electrons. The fourth-order valence-electron chi connectivity index (χ4n) is 3.91. The van der Waals surface area contributed by atoms with Crippen molar-refractivity contribution in [2.75, 3.05) is 5.75 Å². The molecule has 0 radical (unpaired) electrons. The molecule has 0 aliphatic carbocycles. The summed E-state index contributed by atoms with van der Waals surface area (Å²) in [5.74, 6) is -0.485. The zero-order valence-electron chi connectivity index (χ0n) is 18.3. The monoisotopic (exact) mass is 432 g/mol. The first-order valence-electron chi connectivity index (χ1n) is 10.8. The quantitative estimate of drug-likeness (QED) is 0.383. The minimum absolute atomic E-state index is 0.164. The predicted molar refractivity (Wildman–Crippen MR) is 120 cm³/mol. The minimum Gasteiger partial charge on any atom is -0.303 e. The number of unbranched alkanes of at least 4 members (excludes halogenated alkanes) is 2. The molecule has 0 N–H and O–H groups in total. The lowest BCUT2D eigenvalue weighted by Gasteiger charge is -2.28. The van der Waals surface area contributed by atoms with E-state index < -0.39 is 15.3 Å². The van der Waals surface area contributed by atoms with E-state index in [1.807, 2.05) is 26.8 Å². The van der Waals surface area contributed by atoms with E-state index in [4.69, 9.17) is 0 Å². The molecule has 0 fully saturated rings. The van der Waals surface area contributed by atoms with Gasteiger partial charge >= 0.3 is 0 Å². The smallest absolute Gasteiger partial charge is 0.179 e. The summed E-state index contributed by atoms with van der Waals surface area (Å²) in [4.78, 5) is 12.4. The highest BCUT2D eigenvalue weighted by molar-refractivity contribution is 7.91. The van der Waals surface area contributed by atoms with Gasteiger partial charge in [-0.05, 0) is 55.5 Å². The Balaban J connectivity index is 2.41. The van der Waals surface area contributed by atoms with Gasteiger partial charge in [0.1, 0.15) is 12.1 Å². The summed E-state index contributed by atoms with van der Waals surface area (Å²) in [6.07, 6.45) is 5.95. The maximum absolute atomic E-state index is 13.5. The second-order valence-electron chi connectivity index (χ2n) is 8.36. The van der Waals surface area contributed by atoms with Gasteiger partial charge in [0, 0.05) is 5.41 Å². The molecule has 3 nitrogen and oxygen atoms in total. The lowest BCUT2D eigenvalue weighted by atomic mass is 9.81. The van der Waals surface area contributed by atoms with Crippen LogP contribution >= 0.6 is 0 Å². The standard InChI is InChI=1S/C25H33FO3S/c1-4-6-14-25(18-27,15-7-5-2)19-30(28,29)24-13-8-20(3)16-22(24)17-21-9-11-23(26)12-10-21/h8-13,16,18H,4-7,14-15,17,19H2,1-3H3. The van der Waals surface area contributed by atoms with Crippen molar-refractivity contribution in [3.8, 4) is 0 Å². The normalized spacial score (nSPS) is 12.1. The molecule has 0 saturated heterocycles. The van der Waals surface area contributed by atoms with Gasteiger partial charge in [-0.25, -0.2) is 12.8 Å². The summed E-state index contributed by atoms with van der Waals surface area (Å²) >= 11 is 0. The Hall–Kier alpha value is -2.01. The van der Waals surface area contributed by atoms with Crippen LogP contribution < -0.4 is 0 Å². The largest absolute Gasteiger partial charge is 0.303 e. The van der Waals surface area contributed by atoms with Crippen LogP contribution in [-0.4, -0.2) is 20.5 Å². The molecule has 0 bridgehead atoms. The van der Waals surface area contributed by atoms with Crippen LogP contribution in [0.5, 0.6) is 0 Å². The third-order valence-electron chi connectivity index (χ3n) is 5.64. The molecule has 0 unspecified atom stereocenters. The molecule has 0 aliphatic heterocycles. The van der Waals surface area contributed by atoms with Gasteiger partial charge in [-0.2, -0.15) is 0 Å². The highest BCUT2D eigenvalue weighted by atomic mass is 32.2. The van der Waals surface area contributed by atoms with E-state index in [1.54, 1.807) is 24.3 Å². The van der Waals surface area contributed by atoms with E-state index in [9.17, 15) is 17.6 Å². The molecule has 2 aromatic carbocycles. The van der Waals surface area contributed by atoms with Crippen molar-refractivity contribution >= 4 is 16.1 Å².